The first kappa shape index (κ1) is 29.2. The number of hydrogen-bond donors (Lipinski definition) is 2. The predicted octanol–water partition coefficient (Wildman–Crippen LogP) is 2.71. The fourth-order valence-corrected chi connectivity index (χ4v) is 6.66. The van der Waals surface area contributed by atoms with Crippen LogP contribution in [0, 0.1) is 30.1 Å². The van der Waals surface area contributed by atoms with Crippen LogP contribution in [0.5, 0.6) is 5.75 Å². The van der Waals surface area contributed by atoms with Gasteiger partial charge in [0.25, 0.3) is 10.0 Å². The number of nitrogens with one attached hydrogen (secondary N) is 2. The lowest BCUT2D eigenvalue weighted by atomic mass is 9.91. The summed E-state index contributed by atoms with van der Waals surface area (Å²) in [5.41, 5.74) is 1.46. The van der Waals surface area contributed by atoms with Crippen LogP contribution in [-0.2, 0) is 14.8 Å². The molecule has 3 amide bonds. The Kier molecular flexibility index (Phi) is 9.17. The summed E-state index contributed by atoms with van der Waals surface area (Å²) in [4.78, 5) is 28.8. The van der Waals surface area contributed by atoms with Crippen molar-refractivity contribution in [3.63, 3.8) is 0 Å². The van der Waals surface area contributed by atoms with E-state index < -0.39 is 22.1 Å². The Morgan fingerprint density at radius 1 is 1.10 bits per heavy atom. The lowest BCUT2D eigenvalue weighted by Crippen LogP contribution is -2.57. The van der Waals surface area contributed by atoms with E-state index in [1.54, 1.807) is 43.4 Å². The SMILES string of the molecule is COC(=O)N[C@H](COc1ccc(C#N)cc1)CN1CC2CCC(C1)C2N(C)C(=O)NS(=O)(=O)c1ccc(C)cc1. The molecule has 2 N–H and O–H groups in total. The first-order chi connectivity index (χ1) is 19.1. The number of amides is 3. The first-order valence-electron chi connectivity index (χ1n) is 13.2. The van der Waals surface area contributed by atoms with Crippen LogP contribution >= 0.6 is 0 Å². The second-order valence-electron chi connectivity index (χ2n) is 10.4. The number of hydrogen-bond acceptors (Lipinski definition) is 8. The van der Waals surface area contributed by atoms with Crippen LogP contribution in [0.2, 0.25) is 0 Å². The van der Waals surface area contributed by atoms with Crippen LogP contribution in [0.1, 0.15) is 24.0 Å². The quantitative estimate of drug-likeness (QED) is 0.470. The molecule has 0 aromatic heterocycles. The molecule has 3 atom stereocenters. The number of piperidine rings is 1. The van der Waals surface area contributed by atoms with Gasteiger partial charge in [-0.15, -0.1) is 0 Å². The van der Waals surface area contributed by atoms with Crippen LogP contribution in [0.4, 0.5) is 9.59 Å². The van der Waals surface area contributed by atoms with Gasteiger partial charge in [-0.05, 0) is 68.0 Å². The van der Waals surface area contributed by atoms with Crippen molar-refractivity contribution in [2.24, 2.45) is 11.8 Å². The van der Waals surface area contributed by atoms with Crippen molar-refractivity contribution in [1.82, 2.24) is 19.8 Å². The Labute approximate surface area is 235 Å². The molecule has 11 nitrogen and oxygen atoms in total. The second kappa shape index (κ2) is 12.6. The van der Waals surface area contributed by atoms with Gasteiger partial charge >= 0.3 is 12.1 Å². The molecule has 2 bridgehead atoms. The van der Waals surface area contributed by atoms with Crippen molar-refractivity contribution in [2.75, 3.05) is 40.4 Å². The van der Waals surface area contributed by atoms with Crippen molar-refractivity contribution >= 4 is 22.1 Å². The summed E-state index contributed by atoms with van der Waals surface area (Å²) >= 11 is 0. The second-order valence-corrected chi connectivity index (χ2v) is 12.1. The van der Waals surface area contributed by atoms with E-state index >= 15 is 0 Å². The molecule has 1 saturated carbocycles. The van der Waals surface area contributed by atoms with Gasteiger partial charge in [0, 0.05) is 32.7 Å². The van der Waals surface area contributed by atoms with E-state index in [9.17, 15) is 18.0 Å². The van der Waals surface area contributed by atoms with Crippen LogP contribution in [0.25, 0.3) is 0 Å². The summed E-state index contributed by atoms with van der Waals surface area (Å²) in [6.07, 6.45) is 1.29. The fraction of sp³-hybridized carbons (Fsp3) is 0.464. The molecule has 1 aliphatic heterocycles. The van der Waals surface area contributed by atoms with Gasteiger partial charge in [0.15, 0.2) is 0 Å². The minimum Gasteiger partial charge on any atom is -0.491 e. The first-order valence-corrected chi connectivity index (χ1v) is 14.6. The molecular formula is C28H35N5O6S. The molecule has 1 heterocycles. The Morgan fingerprint density at radius 3 is 2.30 bits per heavy atom. The van der Waals surface area contributed by atoms with E-state index in [0.29, 0.717) is 30.9 Å². The number of carbonyl (C=O) groups is 2. The van der Waals surface area contributed by atoms with E-state index in [1.807, 2.05) is 6.92 Å². The highest BCUT2D eigenvalue weighted by Gasteiger charge is 2.46. The maximum absolute atomic E-state index is 13.0. The predicted molar refractivity (Wildman–Crippen MR) is 147 cm³/mol. The van der Waals surface area contributed by atoms with E-state index in [1.165, 1.54) is 24.1 Å². The Hall–Kier alpha value is -3.82. The smallest absolute Gasteiger partial charge is 0.407 e. The van der Waals surface area contributed by atoms with Gasteiger partial charge in [0.05, 0.1) is 29.7 Å². The fourth-order valence-electron chi connectivity index (χ4n) is 5.67. The van der Waals surface area contributed by atoms with Crippen LogP contribution < -0.4 is 14.8 Å². The zero-order valence-corrected chi connectivity index (χ0v) is 23.7. The summed E-state index contributed by atoms with van der Waals surface area (Å²) in [7, 11) is -1.03. The Balaban J connectivity index is 1.36. The summed E-state index contributed by atoms with van der Waals surface area (Å²) in [5.74, 6) is 0.910. The minimum atomic E-state index is -3.98. The number of benzene rings is 2. The number of nitriles is 1. The molecule has 1 saturated heterocycles. The molecule has 1 aliphatic carbocycles. The lowest BCUT2D eigenvalue weighted by Gasteiger charge is -2.43. The minimum absolute atomic E-state index is 0.0463. The maximum atomic E-state index is 13.0. The van der Waals surface area contributed by atoms with Gasteiger partial charge in [-0.25, -0.2) is 22.7 Å². The Morgan fingerprint density at radius 2 is 1.73 bits per heavy atom. The highest BCUT2D eigenvalue weighted by molar-refractivity contribution is 7.90. The Bertz CT molecular complexity index is 1330. The summed E-state index contributed by atoms with van der Waals surface area (Å²) in [5, 5.41) is 11.8. The van der Waals surface area contributed by atoms with E-state index in [4.69, 9.17) is 14.7 Å². The largest absolute Gasteiger partial charge is 0.491 e. The number of likely N-dealkylation sites (tertiary alicyclic amines) is 1. The molecule has 0 radical (unpaired) electrons. The molecule has 12 heteroatoms. The lowest BCUT2D eigenvalue weighted by molar-refractivity contribution is 0.0670. The normalized spacial score (nSPS) is 21.1. The molecule has 2 aliphatic rings. The number of carbonyl (C=O) groups excluding carboxylic acids is 2. The molecule has 2 aromatic rings. The monoisotopic (exact) mass is 569 g/mol. The van der Waals surface area contributed by atoms with Gasteiger partial charge in [0.1, 0.15) is 12.4 Å². The number of sulfonamides is 1. The maximum Gasteiger partial charge on any atom is 0.407 e. The molecule has 2 aromatic carbocycles. The van der Waals surface area contributed by atoms with Crippen molar-refractivity contribution in [2.45, 2.75) is 36.7 Å². The van der Waals surface area contributed by atoms with E-state index in [-0.39, 0.29) is 35.4 Å². The van der Waals surface area contributed by atoms with E-state index in [2.05, 4.69) is 21.0 Å². The van der Waals surface area contributed by atoms with Gasteiger partial charge in [-0.2, -0.15) is 5.26 Å². The highest BCUT2D eigenvalue weighted by atomic mass is 32.2. The van der Waals surface area contributed by atoms with Crippen molar-refractivity contribution in [3.05, 3.63) is 59.7 Å². The highest BCUT2D eigenvalue weighted by Crippen LogP contribution is 2.39. The number of aryl methyl sites for hydroxylation is 1. The molecule has 0 spiro atoms. The standard InChI is InChI=1S/C28H35N5O6S/c1-19-4-12-25(13-5-19)40(36,37)31-27(34)32(2)26-21-8-9-22(26)16-33(15-21)17-23(30-28(35)38-3)18-39-24-10-6-20(14-29)7-11-24/h4-7,10-13,21-23,26H,8-9,15-18H2,1-3H3,(H,30,35)(H,31,34)/t21?,22?,23-,26?/m0/s1. The molecule has 4 rings (SSSR count). The number of fused-ring (bicyclic) bond motifs is 2. The third-order valence-corrected chi connectivity index (χ3v) is 8.94. The van der Waals surface area contributed by atoms with E-state index in [0.717, 1.165) is 18.4 Å². The van der Waals surface area contributed by atoms with Crippen molar-refractivity contribution in [1.29, 1.82) is 5.26 Å². The number of ether oxygens (including phenoxy) is 2. The van der Waals surface area contributed by atoms with Gasteiger partial charge in [0.2, 0.25) is 0 Å². The molecule has 40 heavy (non-hydrogen) atoms. The molecule has 214 valence electrons. The topological polar surface area (TPSA) is 141 Å². The number of urea groups is 1. The van der Waals surface area contributed by atoms with Gasteiger partial charge < -0.3 is 24.6 Å². The molecule has 2 fully saturated rings. The summed E-state index contributed by atoms with van der Waals surface area (Å²) in [6.45, 7) is 3.97. The molecular weight excluding hydrogens is 534 g/mol. The van der Waals surface area contributed by atoms with Crippen LogP contribution in [0.3, 0.4) is 0 Å². The summed E-state index contributed by atoms with van der Waals surface area (Å²) < 4.78 is 38.4. The van der Waals surface area contributed by atoms with Crippen molar-refractivity contribution in [3.8, 4) is 11.8 Å². The van der Waals surface area contributed by atoms with Gasteiger partial charge in [-0.1, -0.05) is 17.7 Å². The van der Waals surface area contributed by atoms with Crippen molar-refractivity contribution < 1.29 is 27.5 Å². The molecule has 2 unspecified atom stereocenters. The number of methoxy groups -OCH3 is 1. The van der Waals surface area contributed by atoms with Gasteiger partial charge in [-0.3, -0.25) is 0 Å². The summed E-state index contributed by atoms with van der Waals surface area (Å²) in [6, 6.07) is 14.1. The average Bonchev–Trinajstić information content (AvgIpc) is 3.20. The van der Waals surface area contributed by atoms with Crippen LogP contribution in [0.15, 0.2) is 53.4 Å². The number of nitrogens with zero attached hydrogens (tertiary/aromatic N) is 3. The third kappa shape index (κ3) is 7.03. The number of rotatable bonds is 9. The zero-order chi connectivity index (χ0) is 28.9. The number of alkyl carbamates (subject to hydrolysis) is 1. The third-order valence-electron chi connectivity index (χ3n) is 7.60. The average molecular weight is 570 g/mol. The van der Waals surface area contributed by atoms with Crippen LogP contribution in [-0.4, -0.2) is 82.8 Å². The zero-order valence-electron chi connectivity index (χ0n) is 22.9.